The van der Waals surface area contributed by atoms with Crippen molar-refractivity contribution in [3.8, 4) is 90.1 Å². The topological polar surface area (TPSA) is 51.6 Å². The lowest BCUT2D eigenvalue weighted by molar-refractivity contribution is 0.660. The van der Waals surface area contributed by atoms with E-state index in [1.807, 2.05) is 36.4 Å². The Hall–Kier alpha value is -7.82. The molecule has 304 valence electrons. The van der Waals surface area contributed by atoms with Crippen LogP contribution in [-0.2, 0) is 10.8 Å². The van der Waals surface area contributed by atoms with Gasteiger partial charge < -0.3 is 0 Å². The van der Waals surface area contributed by atoms with Crippen LogP contribution < -0.4 is 0 Å². The van der Waals surface area contributed by atoms with Gasteiger partial charge >= 0.3 is 0 Å². The van der Waals surface area contributed by atoms with Crippen LogP contribution in [0.4, 0.5) is 0 Å². The number of rotatable bonds is 6. The summed E-state index contributed by atoms with van der Waals surface area (Å²) < 4.78 is 0. The van der Waals surface area contributed by atoms with Gasteiger partial charge in [-0.05, 0) is 79.5 Å². The minimum atomic E-state index is -0.129. The second-order valence-electron chi connectivity index (χ2n) is 18.2. The summed E-state index contributed by atoms with van der Waals surface area (Å²) in [5, 5.41) is 2.18. The number of nitrogens with zero attached hydrogens (tertiary/aromatic N) is 4. The molecular formula is C60H44N4. The lowest BCUT2D eigenvalue weighted by Gasteiger charge is -2.22. The third-order valence-corrected chi connectivity index (χ3v) is 13.7. The average Bonchev–Trinajstić information content (AvgIpc) is 3.72. The van der Waals surface area contributed by atoms with Crippen molar-refractivity contribution in [3.05, 3.63) is 216 Å². The maximum absolute atomic E-state index is 5.31. The fraction of sp³-hybridized carbons (Fsp3) is 0.100. The normalized spacial score (nSPS) is 13.9. The maximum Gasteiger partial charge on any atom is 0.160 e. The zero-order valence-corrected chi connectivity index (χ0v) is 36.3. The summed E-state index contributed by atoms with van der Waals surface area (Å²) in [7, 11) is 0. The Bertz CT molecular complexity index is 3260. The van der Waals surface area contributed by atoms with Crippen LogP contribution in [0.3, 0.4) is 0 Å². The number of hydrogen-bond acceptors (Lipinski definition) is 4. The first-order valence-electron chi connectivity index (χ1n) is 22.1. The van der Waals surface area contributed by atoms with E-state index in [1.54, 1.807) is 0 Å². The largest absolute Gasteiger partial charge is 0.228 e. The molecule has 0 aliphatic heterocycles. The number of hydrogen-bond donors (Lipinski definition) is 0. The third kappa shape index (κ3) is 5.97. The summed E-state index contributed by atoms with van der Waals surface area (Å²) in [5.41, 5.74) is 19.9. The lowest BCUT2D eigenvalue weighted by atomic mass is 9.82. The third-order valence-electron chi connectivity index (χ3n) is 13.7. The van der Waals surface area contributed by atoms with Crippen LogP contribution in [0.25, 0.3) is 101 Å². The molecule has 0 amide bonds. The molecule has 64 heavy (non-hydrogen) atoms. The average molecular weight is 821 g/mol. The summed E-state index contributed by atoms with van der Waals surface area (Å²) in [6, 6.07) is 69.2. The molecule has 4 heteroatoms. The quantitative estimate of drug-likeness (QED) is 0.168. The minimum absolute atomic E-state index is 0.129. The fourth-order valence-electron chi connectivity index (χ4n) is 10.4. The zero-order valence-electron chi connectivity index (χ0n) is 36.3. The molecular weight excluding hydrogens is 777 g/mol. The van der Waals surface area contributed by atoms with Gasteiger partial charge in [-0.1, -0.05) is 198 Å². The van der Waals surface area contributed by atoms with Crippen molar-refractivity contribution in [2.75, 3.05) is 0 Å². The molecule has 2 aliphatic rings. The zero-order chi connectivity index (χ0) is 43.2. The van der Waals surface area contributed by atoms with E-state index in [2.05, 4.69) is 185 Å². The molecule has 8 aromatic carbocycles. The SMILES string of the molecule is CC1(C)c2ccccc2-c2ccc(-c3cc(-c4cccc5c(-c6cc(-c7ccc8c(c7)C(C)(C)c7ccccc7-8)nc(-c7ccccc7)n6)cccc45)nc(-c4ccccc4)n3)cc21. The van der Waals surface area contributed by atoms with Gasteiger partial charge in [-0.25, -0.2) is 19.9 Å². The molecule has 2 aromatic heterocycles. The molecule has 2 aliphatic carbocycles. The van der Waals surface area contributed by atoms with Crippen molar-refractivity contribution in [3.63, 3.8) is 0 Å². The molecule has 0 N–H and O–H groups in total. The highest BCUT2D eigenvalue weighted by Gasteiger charge is 2.36. The highest BCUT2D eigenvalue weighted by atomic mass is 14.9. The van der Waals surface area contributed by atoms with Gasteiger partial charge in [0.2, 0.25) is 0 Å². The van der Waals surface area contributed by atoms with Crippen molar-refractivity contribution < 1.29 is 0 Å². The first-order valence-corrected chi connectivity index (χ1v) is 22.1. The Labute approximate surface area is 374 Å². The van der Waals surface area contributed by atoms with E-state index in [-0.39, 0.29) is 10.8 Å². The van der Waals surface area contributed by atoms with Crippen LogP contribution in [0.15, 0.2) is 194 Å². The smallest absolute Gasteiger partial charge is 0.160 e. The van der Waals surface area contributed by atoms with Crippen molar-refractivity contribution in [2.24, 2.45) is 0 Å². The van der Waals surface area contributed by atoms with Crippen LogP contribution >= 0.6 is 0 Å². The Kier molecular flexibility index (Phi) is 8.51. The second kappa shape index (κ2) is 14.4. The molecule has 0 radical (unpaired) electrons. The number of fused-ring (bicyclic) bond motifs is 7. The van der Waals surface area contributed by atoms with E-state index >= 15 is 0 Å². The van der Waals surface area contributed by atoms with E-state index in [0.717, 1.165) is 66.9 Å². The monoisotopic (exact) mass is 820 g/mol. The summed E-state index contributed by atoms with van der Waals surface area (Å²) >= 11 is 0. The van der Waals surface area contributed by atoms with Crippen molar-refractivity contribution in [2.45, 2.75) is 38.5 Å². The van der Waals surface area contributed by atoms with Crippen LogP contribution in [0, 0.1) is 0 Å². The summed E-state index contributed by atoms with van der Waals surface area (Å²) in [6.45, 7) is 9.30. The van der Waals surface area contributed by atoms with Gasteiger partial charge in [0.15, 0.2) is 11.6 Å². The summed E-state index contributed by atoms with van der Waals surface area (Å²) in [5.74, 6) is 1.38. The molecule has 0 bridgehead atoms. The van der Waals surface area contributed by atoms with Gasteiger partial charge in [0, 0.05) is 44.2 Å². The first kappa shape index (κ1) is 37.9. The first-order chi connectivity index (χ1) is 31.2. The molecule has 0 fully saturated rings. The van der Waals surface area contributed by atoms with Crippen molar-refractivity contribution in [1.29, 1.82) is 0 Å². The van der Waals surface area contributed by atoms with E-state index in [1.165, 1.54) is 44.5 Å². The van der Waals surface area contributed by atoms with Crippen LogP contribution in [0.2, 0.25) is 0 Å². The second-order valence-corrected chi connectivity index (χ2v) is 18.2. The standard InChI is InChI=1S/C60H44N4/c1-59(2)49-27-13-11-21-43(49)45-31-29-39(33-51(45)59)53-35-55(63-57(61-53)37-17-7-5-8-18-37)47-25-15-24-42-41(47)23-16-26-48(42)56-36-54(62-58(64-56)38-19-9-6-10-20-38)40-30-32-46-44-22-12-14-28-50(44)60(3,4)52(46)34-40/h5-36H,1-4H3. The molecule has 10 aromatic rings. The molecule has 12 rings (SSSR count). The van der Waals surface area contributed by atoms with Gasteiger partial charge in [0.25, 0.3) is 0 Å². The maximum atomic E-state index is 5.31. The van der Waals surface area contributed by atoms with Crippen molar-refractivity contribution in [1.82, 2.24) is 19.9 Å². The molecule has 0 saturated carbocycles. The van der Waals surface area contributed by atoms with Crippen LogP contribution in [-0.4, -0.2) is 19.9 Å². The Balaban J connectivity index is 1.01. The van der Waals surface area contributed by atoms with Crippen molar-refractivity contribution >= 4 is 10.8 Å². The number of benzene rings is 8. The Morgan fingerprint density at radius 2 is 0.625 bits per heavy atom. The van der Waals surface area contributed by atoms with Gasteiger partial charge in [0.05, 0.1) is 22.8 Å². The van der Waals surface area contributed by atoms with Gasteiger partial charge in [-0.3, -0.25) is 0 Å². The Morgan fingerprint density at radius 3 is 1.06 bits per heavy atom. The predicted molar refractivity (Wildman–Crippen MR) is 263 cm³/mol. The van der Waals surface area contributed by atoms with Gasteiger partial charge in [0.1, 0.15) is 0 Å². The minimum Gasteiger partial charge on any atom is -0.228 e. The molecule has 2 heterocycles. The van der Waals surface area contributed by atoms with E-state index in [9.17, 15) is 0 Å². The number of aromatic nitrogens is 4. The molecule has 0 atom stereocenters. The summed E-state index contributed by atoms with van der Waals surface area (Å²) in [4.78, 5) is 21.1. The molecule has 0 spiro atoms. The highest BCUT2D eigenvalue weighted by Crippen LogP contribution is 2.51. The van der Waals surface area contributed by atoms with Crippen LogP contribution in [0.1, 0.15) is 49.9 Å². The summed E-state index contributed by atoms with van der Waals surface area (Å²) in [6.07, 6.45) is 0. The van der Waals surface area contributed by atoms with E-state index in [4.69, 9.17) is 19.9 Å². The molecule has 0 unspecified atom stereocenters. The molecule has 0 saturated heterocycles. The highest BCUT2D eigenvalue weighted by molar-refractivity contribution is 6.04. The molecule has 4 nitrogen and oxygen atoms in total. The van der Waals surface area contributed by atoms with Gasteiger partial charge in [-0.15, -0.1) is 0 Å². The van der Waals surface area contributed by atoms with Gasteiger partial charge in [-0.2, -0.15) is 0 Å². The lowest BCUT2D eigenvalue weighted by Crippen LogP contribution is -2.15. The van der Waals surface area contributed by atoms with Crippen LogP contribution in [0.5, 0.6) is 0 Å². The van der Waals surface area contributed by atoms with E-state index < -0.39 is 0 Å². The fourth-order valence-corrected chi connectivity index (χ4v) is 10.4. The predicted octanol–water partition coefficient (Wildman–Crippen LogP) is 15.0. The van der Waals surface area contributed by atoms with E-state index in [0.29, 0.717) is 11.6 Å². The Morgan fingerprint density at radius 1 is 0.266 bits per heavy atom.